The van der Waals surface area contributed by atoms with Crippen LogP contribution in [0.3, 0.4) is 0 Å². The van der Waals surface area contributed by atoms with Crippen LogP contribution in [0.15, 0.2) is 42.5 Å². The van der Waals surface area contributed by atoms with Crippen molar-refractivity contribution in [2.75, 3.05) is 20.8 Å². The fraction of sp³-hybridized carbons (Fsp3) is 0.375. The van der Waals surface area contributed by atoms with Gasteiger partial charge in [0.2, 0.25) is 5.01 Å². The van der Waals surface area contributed by atoms with Gasteiger partial charge in [-0.05, 0) is 37.9 Å². The number of aryl methyl sites for hydroxylation is 1. The standard InChI is InChI=1S/C24H28N4O3S/c1-16-6-8-17(9-7-16)14-25-23(29)24-27-26-22(32-24)15-28-12-4-5-20(28)19-11-10-18(30-2)13-21(19)31-3/h6-11,13,20H,4-5,12,14-15H2,1-3H3,(H,25,29). The summed E-state index contributed by atoms with van der Waals surface area (Å²) in [5.41, 5.74) is 3.40. The van der Waals surface area contributed by atoms with Gasteiger partial charge in [0.15, 0.2) is 0 Å². The van der Waals surface area contributed by atoms with E-state index >= 15 is 0 Å². The number of likely N-dealkylation sites (tertiary alicyclic amines) is 1. The van der Waals surface area contributed by atoms with Gasteiger partial charge >= 0.3 is 0 Å². The van der Waals surface area contributed by atoms with E-state index in [1.54, 1.807) is 14.2 Å². The molecule has 1 aliphatic rings. The number of nitrogens with one attached hydrogen (secondary N) is 1. The third-order valence-electron chi connectivity index (χ3n) is 5.74. The number of carbonyl (C=O) groups excluding carboxylic acids is 1. The third-order valence-corrected chi connectivity index (χ3v) is 6.64. The number of aromatic nitrogens is 2. The smallest absolute Gasteiger partial charge is 0.282 e. The van der Waals surface area contributed by atoms with Crippen LogP contribution >= 0.6 is 11.3 Å². The van der Waals surface area contributed by atoms with Gasteiger partial charge in [-0.25, -0.2) is 0 Å². The van der Waals surface area contributed by atoms with E-state index in [9.17, 15) is 4.79 Å². The Bertz CT molecular complexity index is 1070. The summed E-state index contributed by atoms with van der Waals surface area (Å²) in [4.78, 5) is 14.9. The molecule has 0 radical (unpaired) electrons. The summed E-state index contributed by atoms with van der Waals surface area (Å²) < 4.78 is 10.9. The highest BCUT2D eigenvalue weighted by Gasteiger charge is 2.29. The molecule has 168 valence electrons. The molecule has 3 aromatic rings. The Kier molecular flexibility index (Phi) is 7.02. The lowest BCUT2D eigenvalue weighted by Crippen LogP contribution is -2.23. The van der Waals surface area contributed by atoms with Crippen molar-refractivity contribution in [1.29, 1.82) is 0 Å². The van der Waals surface area contributed by atoms with Crippen LogP contribution in [0.5, 0.6) is 11.5 Å². The van der Waals surface area contributed by atoms with Crippen molar-refractivity contribution in [2.45, 2.75) is 38.9 Å². The van der Waals surface area contributed by atoms with Gasteiger partial charge in [0.05, 0.1) is 20.8 Å². The summed E-state index contributed by atoms with van der Waals surface area (Å²) in [6.45, 7) is 4.14. The molecule has 1 saturated heterocycles. The largest absolute Gasteiger partial charge is 0.497 e. The van der Waals surface area contributed by atoms with E-state index in [0.717, 1.165) is 47.0 Å². The van der Waals surface area contributed by atoms with Crippen LogP contribution in [0.2, 0.25) is 0 Å². The Morgan fingerprint density at radius 2 is 1.97 bits per heavy atom. The first kappa shape index (κ1) is 22.2. The van der Waals surface area contributed by atoms with Crippen molar-refractivity contribution in [1.82, 2.24) is 20.4 Å². The molecule has 0 saturated carbocycles. The van der Waals surface area contributed by atoms with Gasteiger partial charge in [0.1, 0.15) is 16.5 Å². The minimum absolute atomic E-state index is 0.191. The first-order valence-electron chi connectivity index (χ1n) is 10.7. The maximum absolute atomic E-state index is 12.5. The Hall–Kier alpha value is -2.97. The molecule has 0 aliphatic carbocycles. The number of ether oxygens (including phenoxy) is 2. The highest BCUT2D eigenvalue weighted by atomic mass is 32.1. The molecule has 1 aliphatic heterocycles. The molecule has 0 spiro atoms. The van der Waals surface area contributed by atoms with Gasteiger partial charge in [-0.1, -0.05) is 47.2 Å². The molecule has 7 nitrogen and oxygen atoms in total. The number of benzene rings is 2. The Morgan fingerprint density at radius 3 is 2.72 bits per heavy atom. The summed E-state index contributed by atoms with van der Waals surface area (Å²) in [6, 6.07) is 14.3. The van der Waals surface area contributed by atoms with Gasteiger partial charge < -0.3 is 14.8 Å². The Morgan fingerprint density at radius 1 is 1.16 bits per heavy atom. The second-order valence-electron chi connectivity index (χ2n) is 7.91. The fourth-order valence-corrected chi connectivity index (χ4v) is 4.79. The average Bonchev–Trinajstić information content (AvgIpc) is 3.48. The van der Waals surface area contributed by atoms with Gasteiger partial charge in [-0.2, -0.15) is 0 Å². The summed E-state index contributed by atoms with van der Waals surface area (Å²) in [7, 11) is 3.34. The van der Waals surface area contributed by atoms with Crippen molar-refractivity contribution < 1.29 is 14.3 Å². The zero-order valence-electron chi connectivity index (χ0n) is 18.6. The van der Waals surface area contributed by atoms with E-state index in [-0.39, 0.29) is 11.9 Å². The van der Waals surface area contributed by atoms with Gasteiger partial charge in [0, 0.05) is 24.2 Å². The maximum atomic E-state index is 12.5. The Balaban J connectivity index is 1.40. The molecular weight excluding hydrogens is 424 g/mol. The summed E-state index contributed by atoms with van der Waals surface area (Å²) in [5, 5.41) is 12.6. The molecule has 1 unspecified atom stereocenters. The monoisotopic (exact) mass is 452 g/mol. The summed E-state index contributed by atoms with van der Waals surface area (Å²) in [6.07, 6.45) is 2.15. The molecule has 8 heteroatoms. The van der Waals surface area contributed by atoms with E-state index in [0.29, 0.717) is 18.1 Å². The molecule has 0 bridgehead atoms. The van der Waals surface area contributed by atoms with Crippen molar-refractivity contribution in [2.24, 2.45) is 0 Å². The van der Waals surface area contributed by atoms with Crippen molar-refractivity contribution in [3.8, 4) is 11.5 Å². The summed E-state index contributed by atoms with van der Waals surface area (Å²) >= 11 is 1.35. The first-order chi connectivity index (χ1) is 15.6. The highest BCUT2D eigenvalue weighted by Crippen LogP contribution is 2.39. The van der Waals surface area contributed by atoms with Crippen LogP contribution in [0.1, 0.15) is 50.4 Å². The van der Waals surface area contributed by atoms with Gasteiger partial charge in [-0.3, -0.25) is 9.69 Å². The van der Waals surface area contributed by atoms with E-state index in [1.165, 1.54) is 16.9 Å². The van der Waals surface area contributed by atoms with Crippen LogP contribution < -0.4 is 14.8 Å². The van der Waals surface area contributed by atoms with Crippen LogP contribution in [-0.4, -0.2) is 41.8 Å². The van der Waals surface area contributed by atoms with Crippen molar-refractivity contribution >= 4 is 17.2 Å². The molecule has 1 atom stereocenters. The molecule has 2 heterocycles. The number of carbonyl (C=O) groups is 1. The lowest BCUT2D eigenvalue weighted by atomic mass is 10.0. The number of hydrogen-bond acceptors (Lipinski definition) is 7. The first-order valence-corrected chi connectivity index (χ1v) is 11.5. The van der Waals surface area contributed by atoms with Gasteiger partial charge in [-0.15, -0.1) is 10.2 Å². The third kappa shape index (κ3) is 5.08. The topological polar surface area (TPSA) is 76.6 Å². The van der Waals surface area contributed by atoms with Crippen molar-refractivity contribution in [3.05, 3.63) is 69.2 Å². The molecule has 1 fully saturated rings. The number of amides is 1. The number of hydrogen-bond donors (Lipinski definition) is 1. The van der Waals surface area contributed by atoms with Crippen molar-refractivity contribution in [3.63, 3.8) is 0 Å². The minimum Gasteiger partial charge on any atom is -0.497 e. The quantitative estimate of drug-likeness (QED) is 0.554. The number of methoxy groups -OCH3 is 2. The molecule has 1 N–H and O–H groups in total. The average molecular weight is 453 g/mol. The van der Waals surface area contributed by atoms with E-state index in [2.05, 4.69) is 26.5 Å². The predicted octanol–water partition coefficient (Wildman–Crippen LogP) is 4.13. The number of nitrogens with zero attached hydrogens (tertiary/aromatic N) is 3. The lowest BCUT2D eigenvalue weighted by Gasteiger charge is -2.25. The molecule has 4 rings (SSSR count). The van der Waals surface area contributed by atoms with Crippen LogP contribution in [0.4, 0.5) is 0 Å². The highest BCUT2D eigenvalue weighted by molar-refractivity contribution is 7.13. The zero-order valence-corrected chi connectivity index (χ0v) is 19.4. The van der Waals surface area contributed by atoms with Crippen LogP contribution in [0.25, 0.3) is 0 Å². The normalized spacial score (nSPS) is 16.2. The van der Waals surface area contributed by atoms with E-state index < -0.39 is 0 Å². The molecule has 1 amide bonds. The van der Waals surface area contributed by atoms with E-state index in [1.807, 2.05) is 43.3 Å². The van der Waals surface area contributed by atoms with Gasteiger partial charge in [0.25, 0.3) is 5.91 Å². The minimum atomic E-state index is -0.191. The maximum Gasteiger partial charge on any atom is 0.282 e. The molecular formula is C24H28N4O3S. The van der Waals surface area contributed by atoms with E-state index in [4.69, 9.17) is 9.47 Å². The van der Waals surface area contributed by atoms with Crippen LogP contribution in [-0.2, 0) is 13.1 Å². The second-order valence-corrected chi connectivity index (χ2v) is 8.97. The second kappa shape index (κ2) is 10.1. The lowest BCUT2D eigenvalue weighted by molar-refractivity contribution is 0.0950. The molecule has 1 aromatic heterocycles. The zero-order chi connectivity index (χ0) is 22.5. The number of rotatable bonds is 8. The predicted molar refractivity (Wildman–Crippen MR) is 124 cm³/mol. The Labute approximate surface area is 192 Å². The summed E-state index contributed by atoms with van der Waals surface area (Å²) in [5.74, 6) is 1.42. The SMILES string of the molecule is COc1ccc(C2CCCN2Cc2nnc(C(=O)NCc3ccc(C)cc3)s2)c(OC)c1. The molecule has 2 aromatic carbocycles. The van der Waals surface area contributed by atoms with Crippen LogP contribution in [0, 0.1) is 6.92 Å². The molecule has 32 heavy (non-hydrogen) atoms. The fourth-order valence-electron chi connectivity index (χ4n) is 4.01.